The maximum Gasteiger partial charge on any atom is 0.309 e. The van der Waals surface area contributed by atoms with E-state index < -0.39 is 23.6 Å². The summed E-state index contributed by atoms with van der Waals surface area (Å²) in [4.78, 5) is 16.1. The summed E-state index contributed by atoms with van der Waals surface area (Å²) in [5, 5.41) is 42.0. The molecule has 4 N–H and O–H groups in total. The van der Waals surface area contributed by atoms with Crippen molar-refractivity contribution < 1.29 is 25.2 Å². The second-order valence-electron chi connectivity index (χ2n) is 12.1. The second kappa shape index (κ2) is 15.2. The zero-order chi connectivity index (χ0) is 26.7. The molecule has 0 saturated heterocycles. The van der Waals surface area contributed by atoms with Gasteiger partial charge in [0, 0.05) is 12.1 Å². The van der Waals surface area contributed by atoms with Gasteiger partial charge in [-0.2, -0.15) is 0 Å². The van der Waals surface area contributed by atoms with Crippen molar-refractivity contribution >= 4 is 12.2 Å². The maximum atomic E-state index is 11.9. The van der Waals surface area contributed by atoms with Gasteiger partial charge in [-0.1, -0.05) is 63.7 Å². The van der Waals surface area contributed by atoms with Crippen LogP contribution in [-0.4, -0.2) is 57.0 Å². The van der Waals surface area contributed by atoms with Crippen molar-refractivity contribution in [1.82, 2.24) is 0 Å². The molecule has 1 aliphatic heterocycles. The largest absolute Gasteiger partial charge is 0.481 e. The average Bonchev–Trinajstić information content (AvgIpc) is 3.51. The number of nitrogens with zero attached hydrogens (tertiary/aromatic N) is 1. The van der Waals surface area contributed by atoms with Crippen LogP contribution in [0, 0.1) is 23.7 Å². The van der Waals surface area contributed by atoms with Crippen LogP contribution in [0.3, 0.4) is 0 Å². The lowest BCUT2D eigenvalue weighted by molar-refractivity contribution is -0.146. The standard InChI is InChI=1S/C31H51NO5/c1-2-3-5-8-23-11-12-26(29(34)20-23)9-6-4-7-10-27(30(35)36)28(33)14-17-31(37)16-13-24(21-31)19-25-15-18-32-22-25/h11-12,15,22-24,26-29,33-34,37H,2-10,13-14,16-21H2,1H3,(H,35,36). The molecule has 0 bridgehead atoms. The highest BCUT2D eigenvalue weighted by molar-refractivity contribution is 5.80. The van der Waals surface area contributed by atoms with Crippen LogP contribution in [0.4, 0.5) is 0 Å². The van der Waals surface area contributed by atoms with E-state index in [2.05, 4.69) is 30.1 Å². The van der Waals surface area contributed by atoms with Crippen LogP contribution in [0.1, 0.15) is 110 Å². The highest BCUT2D eigenvalue weighted by Gasteiger charge is 2.38. The number of hydrogen-bond donors (Lipinski definition) is 4. The lowest BCUT2D eigenvalue weighted by Gasteiger charge is -2.28. The van der Waals surface area contributed by atoms with E-state index in [1.54, 1.807) is 0 Å². The Labute approximate surface area is 224 Å². The van der Waals surface area contributed by atoms with Crippen LogP contribution in [0.2, 0.25) is 0 Å². The van der Waals surface area contributed by atoms with Gasteiger partial charge in [0.2, 0.25) is 0 Å². The minimum Gasteiger partial charge on any atom is -0.481 e. The number of allylic oxidation sites excluding steroid dienone is 2. The van der Waals surface area contributed by atoms with Crippen LogP contribution in [0.5, 0.6) is 0 Å². The minimum atomic E-state index is -0.948. The highest BCUT2D eigenvalue weighted by Crippen LogP contribution is 2.41. The molecule has 0 radical (unpaired) electrons. The molecule has 7 atom stereocenters. The Morgan fingerprint density at radius 3 is 2.65 bits per heavy atom. The first kappa shape index (κ1) is 30.0. The van der Waals surface area contributed by atoms with E-state index in [9.17, 15) is 25.2 Å². The smallest absolute Gasteiger partial charge is 0.309 e. The number of hydrogen-bond acceptors (Lipinski definition) is 5. The molecule has 0 aromatic rings. The number of carboxylic acid groups (broad SMARTS) is 1. The molecule has 6 nitrogen and oxygen atoms in total. The third-order valence-electron chi connectivity index (χ3n) is 9.01. The van der Waals surface area contributed by atoms with E-state index in [1.807, 2.05) is 6.21 Å². The number of aliphatic hydroxyl groups excluding tert-OH is 2. The van der Waals surface area contributed by atoms with Gasteiger partial charge in [0.15, 0.2) is 0 Å². The van der Waals surface area contributed by atoms with E-state index in [4.69, 9.17) is 0 Å². The van der Waals surface area contributed by atoms with Gasteiger partial charge in [0.25, 0.3) is 0 Å². The summed E-state index contributed by atoms with van der Waals surface area (Å²) < 4.78 is 0. The lowest BCUT2D eigenvalue weighted by atomic mass is 9.81. The third-order valence-corrected chi connectivity index (χ3v) is 9.01. The van der Waals surface area contributed by atoms with Gasteiger partial charge in [0.1, 0.15) is 0 Å². The molecule has 1 heterocycles. The van der Waals surface area contributed by atoms with Crippen molar-refractivity contribution in [2.45, 2.75) is 127 Å². The van der Waals surface area contributed by atoms with Gasteiger partial charge in [-0.3, -0.25) is 9.79 Å². The molecular formula is C31H51NO5. The van der Waals surface area contributed by atoms with Gasteiger partial charge in [-0.05, 0) is 81.6 Å². The monoisotopic (exact) mass is 517 g/mol. The van der Waals surface area contributed by atoms with Crippen LogP contribution < -0.4 is 0 Å². The third kappa shape index (κ3) is 9.96. The first-order chi connectivity index (χ1) is 17.8. The van der Waals surface area contributed by atoms with E-state index in [0.29, 0.717) is 43.9 Å². The fourth-order valence-electron chi connectivity index (χ4n) is 6.65. The Balaban J connectivity index is 1.32. The molecule has 6 heteroatoms. The molecule has 210 valence electrons. The lowest BCUT2D eigenvalue weighted by Crippen LogP contribution is -2.32. The van der Waals surface area contributed by atoms with Crippen LogP contribution in [0.25, 0.3) is 0 Å². The number of carbonyl (C=O) groups is 1. The van der Waals surface area contributed by atoms with Gasteiger partial charge in [-0.15, -0.1) is 0 Å². The predicted octanol–water partition coefficient (Wildman–Crippen LogP) is 5.84. The maximum absolute atomic E-state index is 11.9. The number of aliphatic imine (C=N–C) groups is 1. The van der Waals surface area contributed by atoms with Crippen molar-refractivity contribution in [3.63, 3.8) is 0 Å². The number of rotatable bonds is 17. The number of carboxylic acids is 1. The predicted molar refractivity (Wildman–Crippen MR) is 149 cm³/mol. The van der Waals surface area contributed by atoms with Gasteiger partial charge in [0.05, 0.1) is 30.3 Å². The molecule has 0 amide bonds. The minimum absolute atomic E-state index is 0.205. The van der Waals surface area contributed by atoms with Gasteiger partial charge < -0.3 is 20.4 Å². The van der Waals surface area contributed by atoms with Crippen molar-refractivity contribution in [2.24, 2.45) is 28.7 Å². The summed E-state index contributed by atoms with van der Waals surface area (Å²) in [6.45, 7) is 2.97. The van der Waals surface area contributed by atoms with Crippen molar-refractivity contribution in [2.75, 3.05) is 6.54 Å². The summed E-state index contributed by atoms with van der Waals surface area (Å²) in [6, 6.07) is 0. The quantitative estimate of drug-likeness (QED) is 0.143. The molecule has 7 unspecified atom stereocenters. The van der Waals surface area contributed by atoms with Crippen molar-refractivity contribution in [3.8, 4) is 0 Å². The second-order valence-corrected chi connectivity index (χ2v) is 12.1. The number of aliphatic hydroxyl groups is 3. The van der Waals surface area contributed by atoms with Crippen LogP contribution >= 0.6 is 0 Å². The molecule has 3 aliphatic rings. The normalized spacial score (nSPS) is 31.0. The van der Waals surface area contributed by atoms with E-state index in [1.165, 1.54) is 31.3 Å². The molecule has 1 saturated carbocycles. The Hall–Kier alpha value is -1.50. The Bertz CT molecular complexity index is 792. The van der Waals surface area contributed by atoms with E-state index >= 15 is 0 Å². The van der Waals surface area contributed by atoms with Gasteiger partial charge >= 0.3 is 5.97 Å². The summed E-state index contributed by atoms with van der Waals surface area (Å²) >= 11 is 0. The first-order valence-electron chi connectivity index (χ1n) is 15.0. The van der Waals surface area contributed by atoms with Crippen LogP contribution in [-0.2, 0) is 4.79 Å². The van der Waals surface area contributed by atoms with Crippen LogP contribution in [0.15, 0.2) is 28.8 Å². The number of unbranched alkanes of at least 4 members (excludes halogenated alkanes) is 4. The fraction of sp³-hybridized carbons (Fsp3) is 0.806. The van der Waals surface area contributed by atoms with Gasteiger partial charge in [-0.25, -0.2) is 0 Å². The molecule has 1 fully saturated rings. The topological polar surface area (TPSA) is 110 Å². The zero-order valence-corrected chi connectivity index (χ0v) is 22.9. The van der Waals surface area contributed by atoms with E-state index in [0.717, 1.165) is 51.5 Å². The molecule has 2 aliphatic carbocycles. The number of aliphatic carboxylic acids is 1. The Kier molecular flexibility index (Phi) is 12.3. The summed E-state index contributed by atoms with van der Waals surface area (Å²) in [5.74, 6) is -0.599. The Morgan fingerprint density at radius 2 is 1.95 bits per heavy atom. The first-order valence-corrected chi connectivity index (χ1v) is 15.0. The molecule has 0 aromatic carbocycles. The summed E-state index contributed by atoms with van der Waals surface area (Å²) in [6.07, 6.45) is 21.2. The molecular weight excluding hydrogens is 466 g/mol. The SMILES string of the molecule is CCCCCC1C=CC(CCCCCC(C(=O)O)C(O)CCC2(O)CCC(CC3=CCN=C3)C2)C(O)C1. The zero-order valence-electron chi connectivity index (χ0n) is 22.9. The molecule has 0 spiro atoms. The highest BCUT2D eigenvalue weighted by atomic mass is 16.4. The summed E-state index contributed by atoms with van der Waals surface area (Å²) in [5.41, 5.74) is 0.454. The molecule has 3 rings (SSSR count). The fourth-order valence-corrected chi connectivity index (χ4v) is 6.65. The average molecular weight is 518 g/mol. The Morgan fingerprint density at radius 1 is 1.14 bits per heavy atom. The molecule has 37 heavy (non-hydrogen) atoms. The van der Waals surface area contributed by atoms with Crippen molar-refractivity contribution in [3.05, 3.63) is 23.8 Å². The summed E-state index contributed by atoms with van der Waals surface area (Å²) in [7, 11) is 0. The van der Waals surface area contributed by atoms with E-state index in [-0.39, 0.29) is 12.0 Å². The molecule has 0 aromatic heterocycles. The van der Waals surface area contributed by atoms with Crippen molar-refractivity contribution in [1.29, 1.82) is 0 Å².